The fraction of sp³-hybridized carbons (Fsp3) is 0.423. The molecule has 186 valence electrons. The number of fused-ring (bicyclic) bond motifs is 1. The molecule has 2 aromatic carbocycles. The zero-order chi connectivity index (χ0) is 24.7. The van der Waals surface area contributed by atoms with Crippen LogP contribution in [0.5, 0.6) is 5.75 Å². The van der Waals surface area contributed by atoms with Gasteiger partial charge in [0.15, 0.2) is 17.5 Å². The monoisotopic (exact) mass is 509 g/mol. The molecular weight excluding hydrogens is 485 g/mol. The van der Waals surface area contributed by atoms with E-state index in [9.17, 15) is 22.0 Å². The van der Waals surface area contributed by atoms with Crippen molar-refractivity contribution in [2.75, 3.05) is 6.61 Å². The van der Waals surface area contributed by atoms with Gasteiger partial charge in [0.25, 0.3) is 0 Å². The highest BCUT2D eigenvalue weighted by atomic mass is 32.1. The molecule has 0 radical (unpaired) electrons. The van der Waals surface area contributed by atoms with Gasteiger partial charge in [-0.3, -0.25) is 0 Å². The Kier molecular flexibility index (Phi) is 6.57. The topological polar surface area (TPSA) is 31.4 Å². The molecule has 1 fully saturated rings. The van der Waals surface area contributed by atoms with E-state index in [0.717, 1.165) is 49.2 Å². The molecule has 3 unspecified atom stereocenters. The lowest BCUT2D eigenvalue weighted by molar-refractivity contribution is -0.185. The van der Waals surface area contributed by atoms with Gasteiger partial charge in [0.2, 0.25) is 5.01 Å². The number of rotatable bonds is 5. The summed E-state index contributed by atoms with van der Waals surface area (Å²) in [6.45, 7) is 3.03. The first-order valence-electron chi connectivity index (χ1n) is 11.6. The summed E-state index contributed by atoms with van der Waals surface area (Å²) in [5.41, 5.74) is 2.49. The van der Waals surface area contributed by atoms with Crippen molar-refractivity contribution >= 4 is 27.1 Å². The van der Waals surface area contributed by atoms with Crippen LogP contribution in [0.4, 0.5) is 22.0 Å². The summed E-state index contributed by atoms with van der Waals surface area (Å²) < 4.78 is 80.4. The lowest BCUT2D eigenvalue weighted by Crippen LogP contribution is -2.31. The maximum Gasteiger partial charge on any atom is 0.454 e. The van der Waals surface area contributed by atoms with Crippen LogP contribution < -0.4 is 4.74 Å². The maximum absolute atomic E-state index is 14.7. The van der Waals surface area contributed by atoms with Gasteiger partial charge in [-0.15, -0.1) is 11.3 Å². The Morgan fingerprint density at radius 1 is 1.06 bits per heavy atom. The van der Waals surface area contributed by atoms with Gasteiger partial charge in [0.1, 0.15) is 5.75 Å². The summed E-state index contributed by atoms with van der Waals surface area (Å²) in [4.78, 5) is 3.95. The molecule has 3 nitrogen and oxygen atoms in total. The molecule has 0 N–H and O–H groups in total. The van der Waals surface area contributed by atoms with Crippen LogP contribution in [0.3, 0.4) is 0 Å². The van der Waals surface area contributed by atoms with Crippen LogP contribution >= 0.6 is 11.3 Å². The van der Waals surface area contributed by atoms with Gasteiger partial charge >= 0.3 is 6.11 Å². The van der Waals surface area contributed by atoms with Gasteiger partial charge in [-0.25, -0.2) is 18.2 Å². The fourth-order valence-electron chi connectivity index (χ4n) is 4.76. The smallest absolute Gasteiger partial charge is 0.427 e. The van der Waals surface area contributed by atoms with Gasteiger partial charge in [-0.2, -0.15) is 8.78 Å². The molecule has 0 amide bonds. The average Bonchev–Trinajstić information content (AvgIpc) is 3.28. The number of nitrogens with zero attached hydrogens (tertiary/aromatic N) is 1. The predicted octanol–water partition coefficient (Wildman–Crippen LogP) is 7.84. The molecule has 9 heteroatoms. The van der Waals surface area contributed by atoms with E-state index in [2.05, 4.69) is 22.7 Å². The summed E-state index contributed by atoms with van der Waals surface area (Å²) in [6, 6.07) is 6.12. The summed E-state index contributed by atoms with van der Waals surface area (Å²) in [7, 11) is 0. The highest BCUT2D eigenvalue weighted by Crippen LogP contribution is 2.40. The van der Waals surface area contributed by atoms with Crippen LogP contribution in [0.25, 0.3) is 15.8 Å². The van der Waals surface area contributed by atoms with Gasteiger partial charge in [-0.1, -0.05) is 19.1 Å². The minimum absolute atomic E-state index is 0.306. The number of halogens is 5. The molecule has 0 spiro atoms. The third-order valence-corrected chi connectivity index (χ3v) is 7.80. The molecule has 1 aromatic heterocycles. The van der Waals surface area contributed by atoms with E-state index >= 15 is 0 Å². The first-order valence-corrected chi connectivity index (χ1v) is 12.4. The highest BCUT2D eigenvalue weighted by molar-refractivity contribution is 7.18. The van der Waals surface area contributed by atoms with E-state index in [0.29, 0.717) is 40.3 Å². The summed E-state index contributed by atoms with van der Waals surface area (Å²) in [5, 5.41) is -0.656. The van der Waals surface area contributed by atoms with Crippen LogP contribution in [0.15, 0.2) is 36.4 Å². The third-order valence-electron chi connectivity index (χ3n) is 6.73. The highest BCUT2D eigenvalue weighted by Gasteiger charge is 2.39. The summed E-state index contributed by atoms with van der Waals surface area (Å²) >= 11 is 0.742. The van der Waals surface area contributed by atoms with Crippen molar-refractivity contribution in [3.8, 4) is 5.75 Å². The standard InChI is InChI=1S/C26H24F5NO2S/c1-14-2-9-22(33-13-14)16-5-3-15(4-6-16)17-7-8-21-23(10-17)35-25(32-21)26(30,31)34-18-11-19(27)24(29)20(28)12-18/h3,7-8,10-12,14,16,22H,2,4-6,9,13H2,1H3. The van der Waals surface area contributed by atoms with E-state index in [-0.39, 0.29) is 0 Å². The first-order chi connectivity index (χ1) is 16.7. The molecule has 1 saturated heterocycles. The van der Waals surface area contributed by atoms with Gasteiger partial charge in [-0.05, 0) is 67.2 Å². The van der Waals surface area contributed by atoms with E-state index in [4.69, 9.17) is 4.74 Å². The number of ether oxygens (including phenoxy) is 2. The molecule has 35 heavy (non-hydrogen) atoms. The number of aromatic nitrogens is 1. The average molecular weight is 510 g/mol. The first kappa shape index (κ1) is 24.2. The zero-order valence-electron chi connectivity index (χ0n) is 19.0. The van der Waals surface area contributed by atoms with Crippen LogP contribution in [0, 0.1) is 29.3 Å². The lowest BCUT2D eigenvalue weighted by atomic mass is 9.81. The second-order valence-corrected chi connectivity index (χ2v) is 10.4. The van der Waals surface area contributed by atoms with Gasteiger partial charge in [0.05, 0.1) is 16.3 Å². The summed E-state index contributed by atoms with van der Waals surface area (Å²) in [6.07, 6.45) is 3.70. The number of allylic oxidation sites excluding steroid dienone is 2. The quantitative estimate of drug-likeness (QED) is 0.259. The Labute approximate surface area is 203 Å². The van der Waals surface area contributed by atoms with E-state index in [1.165, 1.54) is 12.0 Å². The normalized spacial score (nSPS) is 23.4. The zero-order valence-corrected chi connectivity index (χ0v) is 19.8. The number of alkyl halides is 2. The Bertz CT molecular complexity index is 1240. The fourth-order valence-corrected chi connectivity index (χ4v) is 5.68. The Hall–Kier alpha value is -2.52. The SMILES string of the molecule is CC1CCC(C2CC=C(c3ccc4nc(C(F)(F)Oc5cc(F)c(F)c(F)c5)sc4c3)CC2)OC1. The second-order valence-electron chi connectivity index (χ2n) is 9.34. The van der Waals surface area contributed by atoms with Crippen LogP contribution in [0.1, 0.15) is 49.6 Å². The number of thiazole rings is 1. The summed E-state index contributed by atoms with van der Waals surface area (Å²) in [5.74, 6) is -4.69. The largest absolute Gasteiger partial charge is 0.454 e. The Morgan fingerprint density at radius 2 is 1.83 bits per heavy atom. The molecule has 0 bridgehead atoms. The van der Waals surface area contributed by atoms with E-state index in [1.54, 1.807) is 6.07 Å². The third kappa shape index (κ3) is 5.07. The van der Waals surface area contributed by atoms with Crippen LogP contribution in [0.2, 0.25) is 0 Å². The van der Waals surface area contributed by atoms with Crippen molar-refractivity contribution in [2.45, 2.75) is 51.2 Å². The lowest BCUT2D eigenvalue weighted by Gasteiger charge is -2.34. The number of hydrogen-bond donors (Lipinski definition) is 0. The van der Waals surface area contributed by atoms with Crippen LogP contribution in [-0.2, 0) is 10.8 Å². The van der Waals surface area contributed by atoms with Crippen molar-refractivity contribution in [1.29, 1.82) is 0 Å². The van der Waals surface area contributed by atoms with Gasteiger partial charge < -0.3 is 9.47 Å². The van der Waals surface area contributed by atoms with Crippen molar-refractivity contribution in [3.05, 3.63) is 64.4 Å². The second kappa shape index (κ2) is 9.50. The minimum Gasteiger partial charge on any atom is -0.427 e. The maximum atomic E-state index is 14.7. The molecule has 0 saturated carbocycles. The molecule has 2 aliphatic rings. The molecular formula is C26H24F5NO2S. The van der Waals surface area contributed by atoms with Crippen molar-refractivity contribution in [1.82, 2.24) is 4.98 Å². The molecule has 1 aliphatic carbocycles. The van der Waals surface area contributed by atoms with Crippen molar-refractivity contribution < 1.29 is 31.4 Å². The Balaban J connectivity index is 1.32. The number of benzene rings is 2. The predicted molar refractivity (Wildman–Crippen MR) is 124 cm³/mol. The van der Waals surface area contributed by atoms with Crippen molar-refractivity contribution in [2.24, 2.45) is 11.8 Å². The van der Waals surface area contributed by atoms with Crippen molar-refractivity contribution in [3.63, 3.8) is 0 Å². The molecule has 1 aliphatic heterocycles. The molecule has 3 aromatic rings. The van der Waals surface area contributed by atoms with Crippen LogP contribution in [-0.4, -0.2) is 17.7 Å². The molecule has 2 heterocycles. The minimum atomic E-state index is -3.95. The Morgan fingerprint density at radius 3 is 2.49 bits per heavy atom. The van der Waals surface area contributed by atoms with Gasteiger partial charge in [0, 0.05) is 18.7 Å². The van der Waals surface area contributed by atoms with E-state index in [1.807, 2.05) is 12.1 Å². The molecule has 5 rings (SSSR count). The number of hydrogen-bond acceptors (Lipinski definition) is 4. The van der Waals surface area contributed by atoms with E-state index < -0.39 is 34.3 Å². The molecule has 3 atom stereocenters.